The van der Waals surface area contributed by atoms with Crippen molar-refractivity contribution in [1.82, 2.24) is 0 Å². The van der Waals surface area contributed by atoms with Crippen molar-refractivity contribution in [2.45, 2.75) is 13.3 Å². The van der Waals surface area contributed by atoms with Crippen LogP contribution >= 0.6 is 0 Å². The number of phenols is 1. The lowest BCUT2D eigenvalue weighted by molar-refractivity contribution is -0.487. The van der Waals surface area contributed by atoms with Gasteiger partial charge in [-0.2, -0.15) is 0 Å². The summed E-state index contributed by atoms with van der Waals surface area (Å²) in [5.41, 5.74) is 1.01. The Balaban J connectivity index is 2.51. The van der Waals surface area contributed by atoms with E-state index < -0.39 is 0 Å². The van der Waals surface area contributed by atoms with Crippen molar-refractivity contribution >= 4 is 0 Å². The summed E-state index contributed by atoms with van der Waals surface area (Å²) in [5, 5.41) is 19.2. The standard InChI is InChI=1S/C10H13NO3/c1-8(7-11(13)14)6-9-2-4-10(12)5-3-9/h2-5,8,12H,6-7H2,1H3. The Morgan fingerprint density at radius 2 is 2.00 bits per heavy atom. The van der Waals surface area contributed by atoms with Crippen molar-refractivity contribution in [2.75, 3.05) is 6.54 Å². The largest absolute Gasteiger partial charge is 0.508 e. The molecule has 0 fully saturated rings. The Hall–Kier alpha value is -1.58. The van der Waals surface area contributed by atoms with E-state index in [1.807, 2.05) is 6.92 Å². The van der Waals surface area contributed by atoms with Gasteiger partial charge in [0.1, 0.15) is 5.75 Å². The molecule has 0 aliphatic carbocycles. The fourth-order valence-electron chi connectivity index (χ4n) is 1.35. The van der Waals surface area contributed by atoms with Crippen LogP contribution in [-0.2, 0) is 6.42 Å². The fourth-order valence-corrected chi connectivity index (χ4v) is 1.35. The minimum Gasteiger partial charge on any atom is -0.508 e. The topological polar surface area (TPSA) is 63.4 Å². The first kappa shape index (κ1) is 10.5. The average molecular weight is 195 g/mol. The van der Waals surface area contributed by atoms with Crippen molar-refractivity contribution in [3.05, 3.63) is 39.9 Å². The predicted molar refractivity (Wildman–Crippen MR) is 52.8 cm³/mol. The molecule has 0 aliphatic rings. The van der Waals surface area contributed by atoms with Crippen molar-refractivity contribution in [3.8, 4) is 5.75 Å². The van der Waals surface area contributed by atoms with E-state index in [0.29, 0.717) is 6.42 Å². The Bertz CT molecular complexity index is 308. The van der Waals surface area contributed by atoms with Crippen LogP contribution in [0.2, 0.25) is 0 Å². The quantitative estimate of drug-likeness (QED) is 0.589. The van der Waals surface area contributed by atoms with Gasteiger partial charge in [-0.1, -0.05) is 19.1 Å². The maximum Gasteiger partial charge on any atom is 0.206 e. The van der Waals surface area contributed by atoms with E-state index in [1.165, 1.54) is 0 Å². The van der Waals surface area contributed by atoms with Gasteiger partial charge in [0.2, 0.25) is 6.54 Å². The minimum absolute atomic E-state index is 0.0130. The van der Waals surface area contributed by atoms with Crippen LogP contribution in [-0.4, -0.2) is 16.6 Å². The summed E-state index contributed by atoms with van der Waals surface area (Å²) in [5.74, 6) is 0.241. The van der Waals surface area contributed by atoms with E-state index in [9.17, 15) is 10.1 Å². The monoisotopic (exact) mass is 195 g/mol. The van der Waals surface area contributed by atoms with Crippen LogP contribution in [0.15, 0.2) is 24.3 Å². The van der Waals surface area contributed by atoms with E-state index in [4.69, 9.17) is 5.11 Å². The molecular weight excluding hydrogens is 182 g/mol. The molecule has 0 amide bonds. The lowest BCUT2D eigenvalue weighted by atomic mass is 10.0. The number of phenolic OH excluding ortho intramolecular Hbond substituents is 1. The van der Waals surface area contributed by atoms with Crippen LogP contribution < -0.4 is 0 Å². The van der Waals surface area contributed by atoms with Gasteiger partial charge in [-0.05, 0) is 24.1 Å². The molecule has 0 radical (unpaired) electrons. The molecule has 0 aromatic heterocycles. The molecular formula is C10H13NO3. The summed E-state index contributed by atoms with van der Waals surface area (Å²) in [7, 11) is 0. The van der Waals surface area contributed by atoms with Crippen LogP contribution in [0, 0.1) is 16.0 Å². The van der Waals surface area contributed by atoms with Crippen molar-refractivity contribution in [2.24, 2.45) is 5.92 Å². The van der Waals surface area contributed by atoms with Gasteiger partial charge in [-0.25, -0.2) is 0 Å². The molecule has 1 N–H and O–H groups in total. The SMILES string of the molecule is CC(Cc1ccc(O)cc1)C[N+](=O)[O-]. The third-order valence-electron chi connectivity index (χ3n) is 1.98. The maximum atomic E-state index is 10.2. The first-order valence-corrected chi connectivity index (χ1v) is 4.47. The third-order valence-corrected chi connectivity index (χ3v) is 1.98. The number of hydrogen-bond donors (Lipinski definition) is 1. The highest BCUT2D eigenvalue weighted by Crippen LogP contribution is 2.13. The molecule has 0 saturated heterocycles. The minimum atomic E-state index is -0.301. The van der Waals surface area contributed by atoms with Crippen LogP contribution in [0.4, 0.5) is 0 Å². The summed E-state index contributed by atoms with van der Waals surface area (Å²) < 4.78 is 0. The summed E-state index contributed by atoms with van der Waals surface area (Å²) in [6.45, 7) is 1.83. The van der Waals surface area contributed by atoms with Crippen LogP contribution in [0.5, 0.6) is 5.75 Å². The number of nitrogens with zero attached hydrogens (tertiary/aromatic N) is 1. The fraction of sp³-hybridized carbons (Fsp3) is 0.400. The highest BCUT2D eigenvalue weighted by Gasteiger charge is 2.09. The lowest BCUT2D eigenvalue weighted by Gasteiger charge is -2.06. The Kier molecular flexibility index (Phi) is 3.45. The lowest BCUT2D eigenvalue weighted by Crippen LogP contribution is -2.13. The van der Waals surface area contributed by atoms with Crippen molar-refractivity contribution in [1.29, 1.82) is 0 Å². The number of rotatable bonds is 4. The molecule has 1 rings (SSSR count). The van der Waals surface area contributed by atoms with E-state index in [-0.39, 0.29) is 23.1 Å². The molecule has 0 spiro atoms. The van der Waals surface area contributed by atoms with Gasteiger partial charge in [0.25, 0.3) is 0 Å². The molecule has 1 aromatic carbocycles. The predicted octanol–water partition coefficient (Wildman–Crippen LogP) is 1.85. The normalized spacial score (nSPS) is 12.4. The molecule has 0 aliphatic heterocycles. The second-order valence-electron chi connectivity index (χ2n) is 3.49. The number of nitro groups is 1. The average Bonchev–Trinajstić information content (AvgIpc) is 2.07. The molecule has 1 aromatic rings. The first-order valence-electron chi connectivity index (χ1n) is 4.47. The summed E-state index contributed by atoms with van der Waals surface area (Å²) in [6.07, 6.45) is 0.668. The molecule has 1 atom stereocenters. The highest BCUT2D eigenvalue weighted by atomic mass is 16.6. The molecule has 0 heterocycles. The molecule has 0 bridgehead atoms. The van der Waals surface area contributed by atoms with Crippen molar-refractivity contribution < 1.29 is 10.0 Å². The number of aromatic hydroxyl groups is 1. The number of benzene rings is 1. The Morgan fingerprint density at radius 1 is 1.43 bits per heavy atom. The van der Waals surface area contributed by atoms with Gasteiger partial charge in [0.05, 0.1) is 0 Å². The second kappa shape index (κ2) is 4.60. The zero-order valence-corrected chi connectivity index (χ0v) is 8.01. The zero-order chi connectivity index (χ0) is 10.6. The van der Waals surface area contributed by atoms with Gasteiger partial charge in [0.15, 0.2) is 0 Å². The summed E-state index contributed by atoms with van der Waals surface area (Å²) >= 11 is 0. The maximum absolute atomic E-state index is 10.2. The van der Waals surface area contributed by atoms with Gasteiger partial charge in [0, 0.05) is 10.8 Å². The van der Waals surface area contributed by atoms with Gasteiger partial charge < -0.3 is 5.11 Å². The third kappa shape index (κ3) is 3.43. The molecule has 76 valence electrons. The summed E-state index contributed by atoms with van der Waals surface area (Å²) in [6, 6.07) is 6.75. The Morgan fingerprint density at radius 3 is 2.50 bits per heavy atom. The number of hydrogen-bond acceptors (Lipinski definition) is 3. The van der Waals surface area contributed by atoms with Gasteiger partial charge in [-0.3, -0.25) is 10.1 Å². The zero-order valence-electron chi connectivity index (χ0n) is 8.01. The molecule has 14 heavy (non-hydrogen) atoms. The van der Waals surface area contributed by atoms with E-state index in [1.54, 1.807) is 24.3 Å². The highest BCUT2D eigenvalue weighted by molar-refractivity contribution is 5.26. The van der Waals surface area contributed by atoms with Gasteiger partial charge >= 0.3 is 0 Å². The second-order valence-corrected chi connectivity index (χ2v) is 3.49. The smallest absolute Gasteiger partial charge is 0.206 e. The van der Waals surface area contributed by atoms with E-state index >= 15 is 0 Å². The van der Waals surface area contributed by atoms with Crippen LogP contribution in [0.3, 0.4) is 0 Å². The first-order chi connectivity index (χ1) is 6.58. The molecule has 1 unspecified atom stereocenters. The van der Waals surface area contributed by atoms with E-state index in [0.717, 1.165) is 5.56 Å². The Labute approximate surface area is 82.3 Å². The van der Waals surface area contributed by atoms with Crippen LogP contribution in [0.25, 0.3) is 0 Å². The molecule has 4 nitrogen and oxygen atoms in total. The van der Waals surface area contributed by atoms with E-state index in [2.05, 4.69) is 0 Å². The summed E-state index contributed by atoms with van der Waals surface area (Å²) in [4.78, 5) is 9.92. The van der Waals surface area contributed by atoms with Crippen LogP contribution in [0.1, 0.15) is 12.5 Å². The van der Waals surface area contributed by atoms with Gasteiger partial charge in [-0.15, -0.1) is 0 Å². The molecule has 0 saturated carbocycles. The van der Waals surface area contributed by atoms with Crippen molar-refractivity contribution in [3.63, 3.8) is 0 Å². The molecule has 4 heteroatoms.